The number of aromatic carboxylic acids is 1. The molecule has 142 valence electrons. The van der Waals surface area contributed by atoms with Crippen LogP contribution >= 0.6 is 23.2 Å². The molecule has 0 spiro atoms. The SMILES string of the molecule is O=C(/C=C/c1ccc(-c2cccc(Cl)c2Cl)o1)Nc1ccc(O)c(C(=O)O)c1. The van der Waals surface area contributed by atoms with Gasteiger partial charge in [-0.25, -0.2) is 4.79 Å². The van der Waals surface area contributed by atoms with Gasteiger partial charge in [-0.1, -0.05) is 29.3 Å². The molecule has 28 heavy (non-hydrogen) atoms. The molecule has 0 bridgehead atoms. The van der Waals surface area contributed by atoms with E-state index in [4.69, 9.17) is 32.7 Å². The lowest BCUT2D eigenvalue weighted by molar-refractivity contribution is -0.111. The molecule has 6 nitrogen and oxygen atoms in total. The normalized spacial score (nSPS) is 10.9. The number of carbonyl (C=O) groups excluding carboxylic acids is 1. The minimum absolute atomic E-state index is 0.232. The predicted molar refractivity (Wildman–Crippen MR) is 107 cm³/mol. The van der Waals surface area contributed by atoms with Crippen LogP contribution in [0.1, 0.15) is 16.1 Å². The summed E-state index contributed by atoms with van der Waals surface area (Å²) in [6, 6.07) is 12.3. The van der Waals surface area contributed by atoms with Crippen molar-refractivity contribution in [2.24, 2.45) is 0 Å². The number of benzene rings is 2. The highest BCUT2D eigenvalue weighted by atomic mass is 35.5. The van der Waals surface area contributed by atoms with Gasteiger partial charge in [0.15, 0.2) is 0 Å². The van der Waals surface area contributed by atoms with Crippen molar-refractivity contribution >= 4 is 46.8 Å². The van der Waals surface area contributed by atoms with Crippen LogP contribution in [0.5, 0.6) is 5.75 Å². The molecule has 2 aromatic carbocycles. The van der Waals surface area contributed by atoms with Crippen molar-refractivity contribution in [1.82, 2.24) is 0 Å². The van der Waals surface area contributed by atoms with Crippen LogP contribution in [-0.4, -0.2) is 22.1 Å². The molecule has 1 aromatic heterocycles. The Balaban J connectivity index is 1.72. The summed E-state index contributed by atoms with van der Waals surface area (Å²) in [4.78, 5) is 23.1. The zero-order chi connectivity index (χ0) is 20.3. The first-order valence-corrected chi connectivity index (χ1v) is 8.70. The quantitative estimate of drug-likeness (QED) is 0.385. The van der Waals surface area contributed by atoms with Gasteiger partial charge in [0.1, 0.15) is 22.8 Å². The van der Waals surface area contributed by atoms with Gasteiger partial charge < -0.3 is 19.9 Å². The number of aromatic hydroxyl groups is 1. The zero-order valence-electron chi connectivity index (χ0n) is 14.1. The molecule has 0 atom stereocenters. The Hall–Kier alpha value is -3.22. The minimum Gasteiger partial charge on any atom is -0.507 e. The number of amides is 1. The van der Waals surface area contributed by atoms with E-state index in [1.165, 1.54) is 24.3 Å². The Labute approximate surface area is 169 Å². The van der Waals surface area contributed by atoms with Crippen molar-refractivity contribution in [1.29, 1.82) is 0 Å². The van der Waals surface area contributed by atoms with E-state index in [1.807, 2.05) is 0 Å². The second-order valence-corrected chi connectivity index (χ2v) is 6.45. The van der Waals surface area contributed by atoms with Gasteiger partial charge in [0.05, 0.1) is 10.0 Å². The lowest BCUT2D eigenvalue weighted by atomic mass is 10.2. The molecule has 0 saturated carbocycles. The first kappa shape index (κ1) is 19.5. The minimum atomic E-state index is -1.30. The van der Waals surface area contributed by atoms with Crippen LogP contribution in [0, 0.1) is 0 Å². The van der Waals surface area contributed by atoms with Crippen LogP contribution in [0.4, 0.5) is 5.69 Å². The van der Waals surface area contributed by atoms with E-state index in [9.17, 15) is 14.7 Å². The molecule has 0 aliphatic rings. The molecule has 0 radical (unpaired) electrons. The third-order valence-corrected chi connectivity index (χ3v) is 4.56. The third kappa shape index (κ3) is 4.36. The fraction of sp³-hybridized carbons (Fsp3) is 0. The van der Waals surface area contributed by atoms with Crippen LogP contribution < -0.4 is 5.32 Å². The van der Waals surface area contributed by atoms with E-state index in [0.717, 1.165) is 6.07 Å². The number of anilines is 1. The zero-order valence-corrected chi connectivity index (χ0v) is 15.7. The second kappa shape index (κ2) is 8.21. The molecule has 0 aliphatic carbocycles. The van der Waals surface area contributed by atoms with Crippen LogP contribution in [-0.2, 0) is 4.79 Å². The molecule has 0 aliphatic heterocycles. The molecular weight excluding hydrogens is 405 g/mol. The van der Waals surface area contributed by atoms with Crippen LogP contribution in [0.15, 0.2) is 59.0 Å². The number of halogens is 2. The molecule has 1 amide bonds. The molecule has 3 aromatic rings. The standard InChI is InChI=1S/C20H13Cl2NO5/c21-15-3-1-2-13(19(15)22)17-8-5-12(28-17)6-9-18(25)23-11-4-7-16(24)14(10-11)20(26)27/h1-10,24H,(H,23,25)(H,26,27)/b9-6+. The van der Waals surface area contributed by atoms with Gasteiger partial charge >= 0.3 is 5.97 Å². The molecule has 0 fully saturated rings. The fourth-order valence-electron chi connectivity index (χ4n) is 2.41. The number of hydrogen-bond donors (Lipinski definition) is 3. The van der Waals surface area contributed by atoms with Gasteiger partial charge in [0, 0.05) is 17.3 Å². The molecule has 0 saturated heterocycles. The molecule has 0 unspecified atom stereocenters. The molecule has 8 heteroatoms. The number of hydrogen-bond acceptors (Lipinski definition) is 4. The Morgan fingerprint density at radius 1 is 1.07 bits per heavy atom. The molecular formula is C20H13Cl2NO5. The largest absolute Gasteiger partial charge is 0.507 e. The first-order chi connectivity index (χ1) is 13.3. The Morgan fingerprint density at radius 2 is 1.86 bits per heavy atom. The van der Waals surface area contributed by atoms with Crippen LogP contribution in [0.2, 0.25) is 10.0 Å². The second-order valence-electron chi connectivity index (χ2n) is 5.66. The number of phenols is 1. The van der Waals surface area contributed by atoms with Gasteiger partial charge in [-0.05, 0) is 48.5 Å². The molecule has 3 rings (SSSR count). The van der Waals surface area contributed by atoms with Crippen molar-refractivity contribution in [3.63, 3.8) is 0 Å². The summed E-state index contributed by atoms with van der Waals surface area (Å²) < 4.78 is 5.65. The number of carboxylic acid groups (broad SMARTS) is 1. The third-order valence-electron chi connectivity index (χ3n) is 3.74. The van der Waals surface area contributed by atoms with Crippen LogP contribution in [0.25, 0.3) is 17.4 Å². The summed E-state index contributed by atoms with van der Waals surface area (Å²) >= 11 is 12.2. The van der Waals surface area contributed by atoms with Crippen molar-refractivity contribution < 1.29 is 24.2 Å². The fourth-order valence-corrected chi connectivity index (χ4v) is 2.80. The monoisotopic (exact) mass is 417 g/mol. The molecule has 1 heterocycles. The highest BCUT2D eigenvalue weighted by molar-refractivity contribution is 6.43. The average Bonchev–Trinajstić information content (AvgIpc) is 3.12. The molecule has 3 N–H and O–H groups in total. The van der Waals surface area contributed by atoms with E-state index < -0.39 is 11.9 Å². The van der Waals surface area contributed by atoms with Gasteiger partial charge in [0.2, 0.25) is 5.91 Å². The van der Waals surface area contributed by atoms with Gasteiger partial charge in [-0.15, -0.1) is 0 Å². The topological polar surface area (TPSA) is 99.8 Å². The van der Waals surface area contributed by atoms with Gasteiger partial charge in [-0.2, -0.15) is 0 Å². The average molecular weight is 418 g/mol. The smallest absolute Gasteiger partial charge is 0.339 e. The number of carbonyl (C=O) groups is 2. The first-order valence-electron chi connectivity index (χ1n) is 7.95. The van der Waals surface area contributed by atoms with Crippen molar-refractivity contribution in [3.05, 3.63) is 76.0 Å². The van der Waals surface area contributed by atoms with Crippen LogP contribution in [0.3, 0.4) is 0 Å². The maximum atomic E-state index is 12.0. The lowest BCUT2D eigenvalue weighted by Gasteiger charge is -2.05. The summed E-state index contributed by atoms with van der Waals surface area (Å²) in [6.45, 7) is 0. The highest BCUT2D eigenvalue weighted by Gasteiger charge is 2.12. The van der Waals surface area contributed by atoms with Gasteiger partial charge in [0.25, 0.3) is 0 Å². The van der Waals surface area contributed by atoms with Gasteiger partial charge in [-0.3, -0.25) is 4.79 Å². The van der Waals surface area contributed by atoms with E-state index in [2.05, 4.69) is 5.32 Å². The number of furan rings is 1. The van der Waals surface area contributed by atoms with E-state index in [1.54, 1.807) is 30.3 Å². The number of nitrogens with one attached hydrogen (secondary N) is 1. The maximum absolute atomic E-state index is 12.0. The summed E-state index contributed by atoms with van der Waals surface area (Å²) in [5.74, 6) is -1.27. The van der Waals surface area contributed by atoms with Crippen molar-refractivity contribution in [2.75, 3.05) is 5.32 Å². The Kier molecular flexibility index (Phi) is 5.73. The van der Waals surface area contributed by atoms with Crippen molar-refractivity contribution in [2.45, 2.75) is 0 Å². The van der Waals surface area contributed by atoms with E-state index >= 15 is 0 Å². The summed E-state index contributed by atoms with van der Waals surface area (Å²) in [5.41, 5.74) is 0.551. The number of rotatable bonds is 5. The number of carboxylic acids is 1. The van der Waals surface area contributed by atoms with E-state index in [-0.39, 0.29) is 17.0 Å². The summed E-state index contributed by atoms with van der Waals surface area (Å²) in [6.07, 6.45) is 2.69. The Bertz CT molecular complexity index is 1090. The lowest BCUT2D eigenvalue weighted by Crippen LogP contribution is -2.08. The summed E-state index contributed by atoms with van der Waals surface area (Å²) in [5, 5.41) is 21.8. The predicted octanol–water partition coefficient (Wildman–Crippen LogP) is 5.31. The highest BCUT2D eigenvalue weighted by Crippen LogP contribution is 2.34. The summed E-state index contributed by atoms with van der Waals surface area (Å²) in [7, 11) is 0. The van der Waals surface area contributed by atoms with Crippen molar-refractivity contribution in [3.8, 4) is 17.1 Å². The Morgan fingerprint density at radius 3 is 2.61 bits per heavy atom. The van der Waals surface area contributed by atoms with E-state index in [0.29, 0.717) is 27.1 Å². The maximum Gasteiger partial charge on any atom is 0.339 e.